The molecule has 1 atom stereocenters. The number of nitrogens with one attached hydrogen (secondary N) is 1. The van der Waals surface area contributed by atoms with Crippen LogP contribution in [0.3, 0.4) is 0 Å². The Morgan fingerprint density at radius 1 is 1.67 bits per heavy atom. The summed E-state index contributed by atoms with van der Waals surface area (Å²) in [6.07, 6.45) is -0.885. The van der Waals surface area contributed by atoms with Crippen molar-refractivity contribution in [3.63, 3.8) is 0 Å². The lowest BCUT2D eigenvalue weighted by atomic mass is 10.2. The molecule has 1 unspecified atom stereocenters. The normalized spacial score (nSPS) is 14.1. The third-order valence-electron chi connectivity index (χ3n) is 1.25. The average Bonchev–Trinajstić information content (AvgIpc) is 1.97. The van der Waals surface area contributed by atoms with Gasteiger partial charge in [-0.05, 0) is 13.8 Å². The highest BCUT2D eigenvalue weighted by molar-refractivity contribution is 9.10. The van der Waals surface area contributed by atoms with E-state index in [2.05, 4.69) is 21.2 Å². The maximum Gasteiger partial charge on any atom is 0.236 e. The molecule has 0 spiro atoms. The number of carbonyl (C=O) groups excluding carboxylic acids is 1. The highest BCUT2D eigenvalue weighted by Crippen LogP contribution is 2.14. The van der Waals surface area contributed by atoms with Gasteiger partial charge in [0.2, 0.25) is 5.91 Å². The minimum atomic E-state index is -0.885. The molecule has 72 valence electrons. The van der Waals surface area contributed by atoms with Gasteiger partial charge in [-0.2, -0.15) is 0 Å². The maximum atomic E-state index is 11.1. The number of aliphatic hydroxyl groups excluding tert-OH is 2. The van der Waals surface area contributed by atoms with Crippen LogP contribution in [0.5, 0.6) is 0 Å². The molecular weight excluding hydrogens is 226 g/mol. The van der Waals surface area contributed by atoms with Crippen LogP contribution < -0.4 is 5.32 Å². The fourth-order valence-corrected chi connectivity index (χ4v) is 0.625. The van der Waals surface area contributed by atoms with Crippen molar-refractivity contribution in [3.8, 4) is 0 Å². The van der Waals surface area contributed by atoms with Crippen LogP contribution in [0, 0.1) is 0 Å². The Balaban J connectivity index is 3.73. The summed E-state index contributed by atoms with van der Waals surface area (Å²) in [6, 6.07) is 0. The highest BCUT2D eigenvalue weighted by Gasteiger charge is 2.23. The molecule has 5 heteroatoms. The van der Waals surface area contributed by atoms with Crippen molar-refractivity contribution in [3.05, 3.63) is 0 Å². The van der Waals surface area contributed by atoms with E-state index in [1.807, 2.05) is 0 Å². The summed E-state index contributed by atoms with van der Waals surface area (Å²) in [5, 5.41) is 19.8. The van der Waals surface area contributed by atoms with Gasteiger partial charge in [-0.3, -0.25) is 4.79 Å². The molecule has 0 aliphatic heterocycles. The predicted octanol–water partition coefficient (Wildman–Crippen LogP) is -0.371. The van der Waals surface area contributed by atoms with Crippen molar-refractivity contribution in [1.82, 2.24) is 5.32 Å². The first-order valence-electron chi connectivity index (χ1n) is 3.64. The number of amides is 1. The minimum absolute atomic E-state index is 0.0738. The lowest BCUT2D eigenvalue weighted by Gasteiger charge is -2.17. The van der Waals surface area contributed by atoms with Gasteiger partial charge in [0, 0.05) is 6.54 Å². The predicted molar refractivity (Wildman–Crippen MR) is 49.1 cm³/mol. The number of alkyl halides is 1. The van der Waals surface area contributed by atoms with Gasteiger partial charge in [0.25, 0.3) is 0 Å². The van der Waals surface area contributed by atoms with E-state index in [9.17, 15) is 4.79 Å². The van der Waals surface area contributed by atoms with Gasteiger partial charge in [-0.1, -0.05) is 15.9 Å². The van der Waals surface area contributed by atoms with E-state index < -0.39 is 10.4 Å². The monoisotopic (exact) mass is 239 g/mol. The number of aliphatic hydroxyl groups is 2. The summed E-state index contributed by atoms with van der Waals surface area (Å²) < 4.78 is -0.637. The molecule has 0 radical (unpaired) electrons. The molecule has 0 saturated carbocycles. The molecule has 1 amide bonds. The molecule has 0 aliphatic carbocycles. The van der Waals surface area contributed by atoms with Crippen LogP contribution >= 0.6 is 15.9 Å². The van der Waals surface area contributed by atoms with Gasteiger partial charge in [-0.25, -0.2) is 0 Å². The average molecular weight is 240 g/mol. The van der Waals surface area contributed by atoms with Crippen LogP contribution in [0.25, 0.3) is 0 Å². The third kappa shape index (κ3) is 4.69. The molecule has 0 aromatic carbocycles. The number of carbonyl (C=O) groups is 1. The summed E-state index contributed by atoms with van der Waals surface area (Å²) in [5.41, 5.74) is 0. The van der Waals surface area contributed by atoms with Crippen LogP contribution in [0.1, 0.15) is 13.8 Å². The van der Waals surface area contributed by atoms with Gasteiger partial charge in [-0.15, -0.1) is 0 Å². The van der Waals surface area contributed by atoms with E-state index in [1.165, 1.54) is 0 Å². The molecule has 0 aromatic heterocycles. The van der Waals surface area contributed by atoms with Crippen molar-refractivity contribution in [2.24, 2.45) is 0 Å². The van der Waals surface area contributed by atoms with E-state index in [-0.39, 0.29) is 19.1 Å². The Labute approximate surface area is 80.1 Å². The van der Waals surface area contributed by atoms with Crippen LogP contribution in [0.4, 0.5) is 0 Å². The van der Waals surface area contributed by atoms with E-state index in [0.717, 1.165) is 0 Å². The quantitative estimate of drug-likeness (QED) is 0.587. The van der Waals surface area contributed by atoms with Crippen LogP contribution in [0.2, 0.25) is 0 Å². The molecule has 0 rings (SSSR count). The van der Waals surface area contributed by atoms with E-state index in [1.54, 1.807) is 13.8 Å². The molecule has 3 N–H and O–H groups in total. The zero-order valence-electron chi connectivity index (χ0n) is 7.17. The van der Waals surface area contributed by atoms with Crippen molar-refractivity contribution in [2.45, 2.75) is 24.3 Å². The molecule has 0 fully saturated rings. The van der Waals surface area contributed by atoms with Crippen molar-refractivity contribution in [2.75, 3.05) is 13.2 Å². The zero-order chi connectivity index (χ0) is 9.78. The Morgan fingerprint density at radius 3 is 2.50 bits per heavy atom. The number of rotatable bonds is 4. The van der Waals surface area contributed by atoms with Gasteiger partial charge < -0.3 is 15.5 Å². The van der Waals surface area contributed by atoms with Gasteiger partial charge in [0.15, 0.2) is 0 Å². The molecule has 0 bridgehead atoms. The largest absolute Gasteiger partial charge is 0.394 e. The first kappa shape index (κ1) is 11.9. The maximum absolute atomic E-state index is 11.1. The van der Waals surface area contributed by atoms with Crippen LogP contribution in [-0.2, 0) is 4.79 Å². The standard InChI is InChI=1S/C7H14BrNO3/c1-7(2,8)6(12)9-3-5(11)4-10/h5,10-11H,3-4H2,1-2H3,(H,9,12). The van der Waals surface area contributed by atoms with E-state index >= 15 is 0 Å². The summed E-state index contributed by atoms with van der Waals surface area (Å²) in [6.45, 7) is 3.13. The highest BCUT2D eigenvalue weighted by atomic mass is 79.9. The molecule has 0 aliphatic rings. The summed E-state index contributed by atoms with van der Waals surface area (Å²) >= 11 is 3.16. The van der Waals surface area contributed by atoms with Crippen LogP contribution in [0.15, 0.2) is 0 Å². The first-order valence-corrected chi connectivity index (χ1v) is 4.43. The van der Waals surface area contributed by atoms with Crippen molar-refractivity contribution in [1.29, 1.82) is 0 Å². The van der Waals surface area contributed by atoms with Crippen LogP contribution in [-0.4, -0.2) is 39.7 Å². The fraction of sp³-hybridized carbons (Fsp3) is 0.857. The van der Waals surface area contributed by atoms with E-state index in [4.69, 9.17) is 10.2 Å². The first-order chi connectivity index (χ1) is 5.38. The molecular formula is C7H14BrNO3. The second-order valence-corrected chi connectivity index (χ2v) is 5.00. The Bertz CT molecular complexity index is 155. The molecule has 0 aromatic rings. The number of halogens is 1. The molecule has 12 heavy (non-hydrogen) atoms. The third-order valence-corrected chi connectivity index (χ3v) is 1.61. The lowest BCUT2D eigenvalue weighted by molar-refractivity contribution is -0.123. The number of hydrogen-bond donors (Lipinski definition) is 3. The van der Waals surface area contributed by atoms with Gasteiger partial charge in [0.05, 0.1) is 17.0 Å². The topological polar surface area (TPSA) is 69.6 Å². The van der Waals surface area contributed by atoms with Gasteiger partial charge >= 0.3 is 0 Å². The fourth-order valence-electron chi connectivity index (χ4n) is 0.485. The second-order valence-electron chi connectivity index (χ2n) is 3.02. The van der Waals surface area contributed by atoms with Crippen molar-refractivity contribution >= 4 is 21.8 Å². The smallest absolute Gasteiger partial charge is 0.236 e. The SMILES string of the molecule is CC(C)(Br)C(=O)NCC(O)CO. The lowest BCUT2D eigenvalue weighted by Crippen LogP contribution is -2.42. The zero-order valence-corrected chi connectivity index (χ0v) is 8.76. The number of hydrogen-bond acceptors (Lipinski definition) is 3. The summed E-state index contributed by atoms with van der Waals surface area (Å²) in [4.78, 5) is 11.1. The molecule has 4 nitrogen and oxygen atoms in total. The Morgan fingerprint density at radius 2 is 2.17 bits per heavy atom. The summed E-state index contributed by atoms with van der Waals surface area (Å²) in [5.74, 6) is -0.213. The Hall–Kier alpha value is -0.130. The second kappa shape index (κ2) is 4.79. The van der Waals surface area contributed by atoms with E-state index in [0.29, 0.717) is 0 Å². The minimum Gasteiger partial charge on any atom is -0.394 e. The molecule has 0 heterocycles. The van der Waals surface area contributed by atoms with Gasteiger partial charge in [0.1, 0.15) is 0 Å². The van der Waals surface area contributed by atoms with Crippen molar-refractivity contribution < 1.29 is 15.0 Å². The molecule has 0 saturated heterocycles. The summed E-state index contributed by atoms with van der Waals surface area (Å²) in [7, 11) is 0. The Kier molecular flexibility index (Phi) is 4.74.